The van der Waals surface area contributed by atoms with Crippen LogP contribution < -0.4 is 19.6 Å². The zero-order valence-electron chi connectivity index (χ0n) is 15.9. The van der Waals surface area contributed by atoms with Crippen molar-refractivity contribution in [2.75, 3.05) is 13.7 Å². The summed E-state index contributed by atoms with van der Waals surface area (Å²) in [5.74, 6) is 1.07. The molecule has 2 N–H and O–H groups in total. The van der Waals surface area contributed by atoms with Crippen LogP contribution in [0.5, 0.6) is 23.0 Å². The highest BCUT2D eigenvalue weighted by molar-refractivity contribution is 5.95. The molecule has 2 aromatic rings. The zero-order valence-corrected chi connectivity index (χ0v) is 15.9. The second-order valence-corrected chi connectivity index (χ2v) is 5.89. The Kier molecular flexibility index (Phi) is 7.05. The maximum absolute atomic E-state index is 12.3. The van der Waals surface area contributed by atoms with Crippen molar-refractivity contribution >= 4 is 12.1 Å². The summed E-state index contributed by atoms with van der Waals surface area (Å²) >= 11 is 0. The monoisotopic (exact) mass is 372 g/mol. The third kappa shape index (κ3) is 5.64. The van der Waals surface area contributed by atoms with E-state index in [9.17, 15) is 9.90 Å². The minimum atomic E-state index is -0.385. The lowest BCUT2D eigenvalue weighted by Gasteiger charge is -2.14. The average Bonchev–Trinajstić information content (AvgIpc) is 2.64. The van der Waals surface area contributed by atoms with E-state index in [4.69, 9.17) is 14.2 Å². The Hall–Kier alpha value is -3.22. The Balaban J connectivity index is 2.07. The molecule has 0 heterocycles. The van der Waals surface area contributed by atoms with E-state index in [-0.39, 0.29) is 17.8 Å². The Morgan fingerprint density at radius 2 is 1.96 bits per heavy atom. The number of amides is 1. The Bertz CT molecular complexity index is 818. The minimum Gasteiger partial charge on any atom is -0.504 e. The van der Waals surface area contributed by atoms with Gasteiger partial charge in [0.05, 0.1) is 26.0 Å². The number of methoxy groups -OCH3 is 1. The maximum Gasteiger partial charge on any atom is 0.271 e. The molecule has 2 rings (SSSR count). The predicted octanol–water partition coefficient (Wildman–Crippen LogP) is 3.35. The lowest BCUT2D eigenvalue weighted by Crippen LogP contribution is -2.18. The number of carbonyl (C=O) groups is 1. The summed E-state index contributed by atoms with van der Waals surface area (Å²) in [7, 11) is 1.52. The van der Waals surface area contributed by atoms with E-state index in [2.05, 4.69) is 10.5 Å². The SMILES string of the molecule is CCOc1cc(/C=N/NC(=O)c2ccc(OC(C)C)c(OC)c2)ccc1O. The molecule has 0 saturated carbocycles. The second-order valence-electron chi connectivity index (χ2n) is 5.89. The number of hydrazone groups is 1. The van der Waals surface area contributed by atoms with Gasteiger partial charge in [0.1, 0.15) is 0 Å². The lowest BCUT2D eigenvalue weighted by atomic mass is 10.2. The van der Waals surface area contributed by atoms with Crippen LogP contribution in [0.2, 0.25) is 0 Å². The van der Waals surface area contributed by atoms with Crippen LogP contribution in [0.3, 0.4) is 0 Å². The first-order chi connectivity index (χ1) is 12.9. The molecule has 2 aromatic carbocycles. The second kappa shape index (κ2) is 9.47. The summed E-state index contributed by atoms with van der Waals surface area (Å²) in [6.45, 7) is 6.08. The molecule has 27 heavy (non-hydrogen) atoms. The van der Waals surface area contributed by atoms with Crippen molar-refractivity contribution in [1.82, 2.24) is 5.43 Å². The Morgan fingerprint density at radius 1 is 1.19 bits per heavy atom. The number of benzene rings is 2. The quantitative estimate of drug-likeness (QED) is 0.548. The van der Waals surface area contributed by atoms with Gasteiger partial charge in [-0.1, -0.05) is 0 Å². The smallest absolute Gasteiger partial charge is 0.271 e. The molecule has 0 bridgehead atoms. The van der Waals surface area contributed by atoms with Gasteiger partial charge in [-0.15, -0.1) is 0 Å². The van der Waals surface area contributed by atoms with Crippen LogP contribution in [0.4, 0.5) is 0 Å². The molecule has 0 aliphatic rings. The zero-order chi connectivity index (χ0) is 19.8. The average molecular weight is 372 g/mol. The number of hydrogen-bond donors (Lipinski definition) is 2. The summed E-state index contributed by atoms with van der Waals surface area (Å²) in [4.78, 5) is 12.3. The highest BCUT2D eigenvalue weighted by Crippen LogP contribution is 2.29. The third-order valence-electron chi connectivity index (χ3n) is 3.45. The van der Waals surface area contributed by atoms with Gasteiger partial charge in [-0.05, 0) is 62.7 Å². The number of aromatic hydroxyl groups is 1. The molecular weight excluding hydrogens is 348 g/mol. The van der Waals surface area contributed by atoms with Gasteiger partial charge in [0.15, 0.2) is 23.0 Å². The van der Waals surface area contributed by atoms with Crippen LogP contribution in [0, 0.1) is 0 Å². The highest BCUT2D eigenvalue weighted by Gasteiger charge is 2.11. The molecule has 0 radical (unpaired) electrons. The van der Waals surface area contributed by atoms with Crippen LogP contribution in [0.1, 0.15) is 36.7 Å². The topological polar surface area (TPSA) is 89.4 Å². The van der Waals surface area contributed by atoms with Gasteiger partial charge in [0, 0.05) is 5.56 Å². The molecule has 0 aliphatic carbocycles. The Labute approximate surface area is 158 Å². The van der Waals surface area contributed by atoms with Gasteiger partial charge in [-0.2, -0.15) is 5.10 Å². The van der Waals surface area contributed by atoms with E-state index in [0.717, 1.165) is 0 Å². The number of carbonyl (C=O) groups excluding carboxylic acids is 1. The normalized spacial score (nSPS) is 10.9. The predicted molar refractivity (Wildman–Crippen MR) is 103 cm³/mol. The number of nitrogens with one attached hydrogen (secondary N) is 1. The molecule has 0 fully saturated rings. The standard InChI is InChI=1S/C20H24N2O5/c1-5-26-18-10-14(6-8-16(18)23)12-21-22-20(24)15-7-9-17(27-13(2)3)19(11-15)25-4/h6-13,23H,5H2,1-4H3,(H,22,24)/b21-12+. The van der Waals surface area contributed by atoms with Gasteiger partial charge in [-0.25, -0.2) is 5.43 Å². The fourth-order valence-electron chi connectivity index (χ4n) is 2.27. The molecule has 1 amide bonds. The Morgan fingerprint density at radius 3 is 2.63 bits per heavy atom. The van der Waals surface area contributed by atoms with E-state index < -0.39 is 0 Å². The van der Waals surface area contributed by atoms with E-state index >= 15 is 0 Å². The molecule has 0 unspecified atom stereocenters. The first-order valence-electron chi connectivity index (χ1n) is 8.58. The van der Waals surface area contributed by atoms with Gasteiger partial charge < -0.3 is 19.3 Å². The molecular formula is C20H24N2O5. The van der Waals surface area contributed by atoms with Gasteiger partial charge in [-0.3, -0.25) is 4.79 Å². The third-order valence-corrected chi connectivity index (χ3v) is 3.45. The summed E-state index contributed by atoms with van der Waals surface area (Å²) in [6, 6.07) is 9.72. The highest BCUT2D eigenvalue weighted by atomic mass is 16.5. The largest absolute Gasteiger partial charge is 0.504 e. The van der Waals surface area contributed by atoms with Crippen molar-refractivity contribution in [3.63, 3.8) is 0 Å². The van der Waals surface area contributed by atoms with Crippen molar-refractivity contribution in [1.29, 1.82) is 0 Å². The van der Waals surface area contributed by atoms with E-state index in [1.54, 1.807) is 30.3 Å². The van der Waals surface area contributed by atoms with Gasteiger partial charge >= 0.3 is 0 Å². The molecule has 0 spiro atoms. The summed E-state index contributed by atoms with van der Waals surface area (Å²) < 4.78 is 16.2. The maximum atomic E-state index is 12.3. The molecule has 144 valence electrons. The molecule has 0 atom stereocenters. The van der Waals surface area contributed by atoms with E-state index in [0.29, 0.717) is 35.0 Å². The molecule has 7 nitrogen and oxygen atoms in total. The van der Waals surface area contributed by atoms with Gasteiger partial charge in [0.2, 0.25) is 0 Å². The minimum absolute atomic E-state index is 0.00457. The molecule has 0 aliphatic heterocycles. The number of nitrogens with zero attached hydrogens (tertiary/aromatic N) is 1. The van der Waals surface area contributed by atoms with Crippen LogP contribution in [-0.2, 0) is 0 Å². The van der Waals surface area contributed by atoms with Crippen molar-refractivity contribution in [3.05, 3.63) is 47.5 Å². The van der Waals surface area contributed by atoms with Crippen LogP contribution in [0.15, 0.2) is 41.5 Å². The lowest BCUT2D eigenvalue weighted by molar-refractivity contribution is 0.0954. The summed E-state index contributed by atoms with van der Waals surface area (Å²) in [6.07, 6.45) is 1.46. The van der Waals surface area contributed by atoms with Crippen LogP contribution >= 0.6 is 0 Å². The molecule has 0 saturated heterocycles. The van der Waals surface area contributed by atoms with Crippen molar-refractivity contribution in [3.8, 4) is 23.0 Å². The molecule has 0 aromatic heterocycles. The first kappa shape index (κ1) is 20.1. The summed E-state index contributed by atoms with van der Waals surface area (Å²) in [5.41, 5.74) is 3.52. The number of phenols is 1. The fourth-order valence-corrected chi connectivity index (χ4v) is 2.27. The van der Waals surface area contributed by atoms with Crippen molar-refractivity contribution in [2.45, 2.75) is 26.9 Å². The van der Waals surface area contributed by atoms with Crippen LogP contribution in [-0.4, -0.2) is 37.0 Å². The molecule has 7 heteroatoms. The van der Waals surface area contributed by atoms with E-state index in [1.165, 1.54) is 19.4 Å². The fraction of sp³-hybridized carbons (Fsp3) is 0.300. The number of hydrogen-bond acceptors (Lipinski definition) is 6. The number of rotatable bonds is 8. The number of ether oxygens (including phenoxy) is 3. The van der Waals surface area contributed by atoms with Crippen molar-refractivity contribution < 1.29 is 24.1 Å². The van der Waals surface area contributed by atoms with Gasteiger partial charge in [0.25, 0.3) is 5.91 Å². The summed E-state index contributed by atoms with van der Waals surface area (Å²) in [5, 5.41) is 13.6. The number of phenolic OH excluding ortho intramolecular Hbond substituents is 1. The van der Waals surface area contributed by atoms with Crippen LogP contribution in [0.25, 0.3) is 0 Å². The van der Waals surface area contributed by atoms with Crippen molar-refractivity contribution in [2.24, 2.45) is 5.10 Å². The first-order valence-corrected chi connectivity index (χ1v) is 8.58. The van der Waals surface area contributed by atoms with E-state index in [1.807, 2.05) is 20.8 Å².